The number of benzene rings is 9. The minimum absolute atomic E-state index is 0.0198. The Morgan fingerprint density at radius 2 is 1.03 bits per heavy atom. The van der Waals surface area contributed by atoms with Gasteiger partial charge in [-0.3, -0.25) is 0 Å². The summed E-state index contributed by atoms with van der Waals surface area (Å²) < 4.78 is 15.5. The highest BCUT2D eigenvalue weighted by Gasteiger charge is 2.35. The standard InChI is InChI=1S/C55H35NO2/c1-55(2)45-16-8-5-13-38(45)42-27-33(19-23-46(42)55)34-20-24-48-43(28-34)39-14-6-9-17-47(39)56(48)36-30-41(54-40-15-7-10-18-49(40)58-52(54)31-36)35-22-25-50-44(29-35)53-37-12-4-3-11-32(37)21-26-51(53)57-50/h3-31H,1-2H3. The highest BCUT2D eigenvalue weighted by molar-refractivity contribution is 6.20. The van der Waals surface area contributed by atoms with E-state index in [1.807, 2.05) is 6.07 Å². The fraction of sp³-hybridized carbons (Fsp3) is 0.0545. The summed E-state index contributed by atoms with van der Waals surface area (Å²) in [4.78, 5) is 0. The zero-order valence-electron chi connectivity index (χ0n) is 32.0. The lowest BCUT2D eigenvalue weighted by Gasteiger charge is -2.21. The Morgan fingerprint density at radius 1 is 0.379 bits per heavy atom. The maximum Gasteiger partial charge on any atom is 0.138 e. The maximum absolute atomic E-state index is 6.70. The molecule has 3 heterocycles. The Hall–Kier alpha value is -7.36. The van der Waals surface area contributed by atoms with Gasteiger partial charge >= 0.3 is 0 Å². The van der Waals surface area contributed by atoms with E-state index in [0.29, 0.717) is 0 Å². The van der Waals surface area contributed by atoms with Crippen LogP contribution in [0.25, 0.3) is 116 Å². The van der Waals surface area contributed by atoms with Crippen molar-refractivity contribution in [3.05, 3.63) is 187 Å². The largest absolute Gasteiger partial charge is 0.456 e. The molecule has 3 heteroatoms. The predicted octanol–water partition coefficient (Wildman–Crippen LogP) is 15.4. The van der Waals surface area contributed by atoms with Crippen LogP contribution in [0.1, 0.15) is 25.0 Å². The molecule has 3 aromatic heterocycles. The number of fused-ring (bicyclic) bond motifs is 14. The minimum atomic E-state index is -0.0198. The van der Waals surface area contributed by atoms with E-state index in [1.165, 1.54) is 54.9 Å². The van der Waals surface area contributed by atoms with Gasteiger partial charge in [0.1, 0.15) is 22.3 Å². The van der Waals surface area contributed by atoms with E-state index in [1.54, 1.807) is 0 Å². The third-order valence-electron chi connectivity index (χ3n) is 13.0. The molecule has 3 nitrogen and oxygen atoms in total. The maximum atomic E-state index is 6.70. The van der Waals surface area contributed by atoms with E-state index >= 15 is 0 Å². The molecule has 0 bridgehead atoms. The van der Waals surface area contributed by atoms with Gasteiger partial charge in [-0.15, -0.1) is 0 Å². The zero-order chi connectivity index (χ0) is 38.3. The monoisotopic (exact) mass is 741 g/mol. The van der Waals surface area contributed by atoms with Crippen molar-refractivity contribution in [3.8, 4) is 39.1 Å². The molecule has 0 amide bonds. The molecule has 1 aliphatic carbocycles. The van der Waals surface area contributed by atoms with Crippen LogP contribution in [0.5, 0.6) is 0 Å². The van der Waals surface area contributed by atoms with Gasteiger partial charge in [0.05, 0.1) is 16.7 Å². The summed E-state index contributed by atoms with van der Waals surface area (Å²) in [6.45, 7) is 4.68. The van der Waals surface area contributed by atoms with Crippen molar-refractivity contribution in [2.24, 2.45) is 0 Å². The van der Waals surface area contributed by atoms with E-state index in [4.69, 9.17) is 8.83 Å². The third-order valence-corrected chi connectivity index (χ3v) is 13.0. The Morgan fingerprint density at radius 3 is 1.97 bits per heavy atom. The summed E-state index contributed by atoms with van der Waals surface area (Å²) in [5, 5.41) is 9.31. The number of hydrogen-bond acceptors (Lipinski definition) is 2. The van der Waals surface area contributed by atoms with Crippen LogP contribution in [-0.4, -0.2) is 4.57 Å². The molecule has 0 spiro atoms. The van der Waals surface area contributed by atoms with Crippen LogP contribution < -0.4 is 0 Å². The second kappa shape index (κ2) is 11.4. The van der Waals surface area contributed by atoms with Crippen LogP contribution in [0, 0.1) is 0 Å². The fourth-order valence-electron chi connectivity index (χ4n) is 10.2. The van der Waals surface area contributed by atoms with Crippen molar-refractivity contribution < 1.29 is 8.83 Å². The molecule has 0 N–H and O–H groups in total. The summed E-state index contributed by atoms with van der Waals surface area (Å²) in [6.07, 6.45) is 0. The SMILES string of the molecule is CC1(C)c2ccccc2-c2cc(-c3ccc4c(c3)c3ccccc3n4-c3cc(-c4ccc5oc6ccc7ccccc7c6c5c4)c4c(c3)oc3ccccc34)ccc21. The summed E-state index contributed by atoms with van der Waals surface area (Å²) in [5.74, 6) is 0. The molecule has 0 atom stereocenters. The summed E-state index contributed by atoms with van der Waals surface area (Å²) in [6, 6.07) is 64.0. The molecule has 13 rings (SSSR count). The van der Waals surface area contributed by atoms with Crippen LogP contribution in [0.15, 0.2) is 185 Å². The number of nitrogens with zero attached hydrogens (tertiary/aromatic N) is 1. The Balaban J connectivity index is 1.04. The van der Waals surface area contributed by atoms with E-state index in [9.17, 15) is 0 Å². The summed E-state index contributed by atoms with van der Waals surface area (Å²) in [5.41, 5.74) is 17.0. The van der Waals surface area contributed by atoms with Gasteiger partial charge in [-0.1, -0.05) is 129 Å². The van der Waals surface area contributed by atoms with E-state index < -0.39 is 0 Å². The fourth-order valence-corrected chi connectivity index (χ4v) is 10.2. The first kappa shape index (κ1) is 31.8. The quantitative estimate of drug-likeness (QED) is 0.181. The Labute approximate surface area is 334 Å². The molecule has 9 aromatic carbocycles. The summed E-state index contributed by atoms with van der Waals surface area (Å²) in [7, 11) is 0. The van der Waals surface area contributed by atoms with Crippen LogP contribution in [0.3, 0.4) is 0 Å². The summed E-state index contributed by atoms with van der Waals surface area (Å²) >= 11 is 0. The number of hydrogen-bond donors (Lipinski definition) is 0. The van der Waals surface area contributed by atoms with Crippen LogP contribution in [0.2, 0.25) is 0 Å². The number of rotatable bonds is 3. The molecule has 0 saturated carbocycles. The van der Waals surface area contributed by atoms with E-state index in [2.05, 4.69) is 188 Å². The van der Waals surface area contributed by atoms with Crippen molar-refractivity contribution in [1.82, 2.24) is 4.57 Å². The second-order valence-electron chi connectivity index (χ2n) is 16.5. The van der Waals surface area contributed by atoms with Crippen molar-refractivity contribution in [2.75, 3.05) is 0 Å². The van der Waals surface area contributed by atoms with Gasteiger partial charge < -0.3 is 13.4 Å². The van der Waals surface area contributed by atoms with Gasteiger partial charge in [0.15, 0.2) is 0 Å². The highest BCUT2D eigenvalue weighted by Crippen LogP contribution is 2.50. The Bertz CT molecular complexity index is 3720. The minimum Gasteiger partial charge on any atom is -0.456 e. The molecule has 58 heavy (non-hydrogen) atoms. The van der Waals surface area contributed by atoms with Crippen molar-refractivity contribution in [3.63, 3.8) is 0 Å². The van der Waals surface area contributed by atoms with Crippen LogP contribution in [0.4, 0.5) is 0 Å². The first-order chi connectivity index (χ1) is 28.5. The van der Waals surface area contributed by atoms with E-state index in [0.717, 1.165) is 71.7 Å². The van der Waals surface area contributed by atoms with Gasteiger partial charge in [0.25, 0.3) is 0 Å². The smallest absolute Gasteiger partial charge is 0.138 e. The van der Waals surface area contributed by atoms with Crippen molar-refractivity contribution in [2.45, 2.75) is 19.3 Å². The van der Waals surface area contributed by atoms with Crippen LogP contribution >= 0.6 is 0 Å². The molecule has 0 fully saturated rings. The number of para-hydroxylation sites is 2. The van der Waals surface area contributed by atoms with Gasteiger partial charge in [-0.05, 0) is 110 Å². The molecular weight excluding hydrogens is 707 g/mol. The molecule has 0 unspecified atom stereocenters. The molecule has 0 aliphatic heterocycles. The first-order valence-electron chi connectivity index (χ1n) is 20.1. The molecular formula is C55H35NO2. The highest BCUT2D eigenvalue weighted by atomic mass is 16.3. The lowest BCUT2D eigenvalue weighted by molar-refractivity contribution is 0.660. The molecule has 0 saturated heterocycles. The average Bonchev–Trinajstić information content (AvgIpc) is 3.99. The normalized spacial score (nSPS) is 13.5. The van der Waals surface area contributed by atoms with Crippen LogP contribution in [-0.2, 0) is 5.41 Å². The van der Waals surface area contributed by atoms with Gasteiger partial charge in [0, 0.05) is 43.8 Å². The molecule has 272 valence electrons. The lowest BCUT2D eigenvalue weighted by atomic mass is 9.82. The molecule has 0 radical (unpaired) electrons. The van der Waals surface area contributed by atoms with Gasteiger partial charge in [-0.25, -0.2) is 0 Å². The molecule has 1 aliphatic rings. The van der Waals surface area contributed by atoms with Crippen molar-refractivity contribution in [1.29, 1.82) is 0 Å². The average molecular weight is 742 g/mol. The van der Waals surface area contributed by atoms with Crippen molar-refractivity contribution >= 4 is 76.5 Å². The Kier molecular flexibility index (Phi) is 6.23. The lowest BCUT2D eigenvalue weighted by Crippen LogP contribution is -2.14. The third kappa shape index (κ3) is 4.28. The zero-order valence-corrected chi connectivity index (χ0v) is 32.0. The topological polar surface area (TPSA) is 31.2 Å². The second-order valence-corrected chi connectivity index (χ2v) is 16.5. The van der Waals surface area contributed by atoms with Gasteiger partial charge in [-0.2, -0.15) is 0 Å². The first-order valence-corrected chi connectivity index (χ1v) is 20.1. The predicted molar refractivity (Wildman–Crippen MR) is 241 cm³/mol. The number of furan rings is 2. The molecule has 12 aromatic rings. The number of aromatic nitrogens is 1. The van der Waals surface area contributed by atoms with E-state index in [-0.39, 0.29) is 5.41 Å². The van der Waals surface area contributed by atoms with Gasteiger partial charge in [0.2, 0.25) is 0 Å².